The Kier molecular flexibility index (Phi) is 7.40. The van der Waals surface area contributed by atoms with E-state index >= 15 is 0 Å². The molecule has 1 aromatic rings. The Bertz CT molecular complexity index is 487. The molecule has 1 atom stereocenters. The van der Waals surface area contributed by atoms with Crippen molar-refractivity contribution in [3.05, 3.63) is 28.8 Å². The number of hydrogen-bond acceptors (Lipinski definition) is 3. The second-order valence-corrected chi connectivity index (χ2v) is 7.93. The molecule has 0 bridgehead atoms. The van der Waals surface area contributed by atoms with Gasteiger partial charge in [0.15, 0.2) is 0 Å². The molecule has 128 valence electrons. The first-order chi connectivity index (χ1) is 9.48. The number of rotatable bonds is 4. The van der Waals surface area contributed by atoms with Crippen molar-refractivity contribution in [3.63, 3.8) is 0 Å². The van der Waals surface area contributed by atoms with E-state index in [0.29, 0.717) is 18.6 Å². The minimum absolute atomic E-state index is 0. The highest BCUT2D eigenvalue weighted by molar-refractivity contribution is 5.85. The number of nitrogens with two attached hydrogens (primary N) is 1. The standard InChI is InChI=1S/C18H31NO2.ClH/c1-17(2,3)12-10-13(15(19)8-7-9-20)16(21)14(11-12)18(4,5)6;/h10-11,15,20-21H,7-9,19H2,1-6H3;1H/t15-;/m1./s1. The summed E-state index contributed by atoms with van der Waals surface area (Å²) in [5, 5.41) is 19.6. The maximum atomic E-state index is 10.6. The van der Waals surface area contributed by atoms with Gasteiger partial charge < -0.3 is 15.9 Å². The van der Waals surface area contributed by atoms with E-state index in [1.807, 2.05) is 6.07 Å². The third kappa shape index (κ3) is 5.15. The molecule has 1 rings (SSSR count). The molecule has 0 aliphatic carbocycles. The Hall–Kier alpha value is -0.770. The summed E-state index contributed by atoms with van der Waals surface area (Å²) >= 11 is 0. The molecule has 0 saturated heterocycles. The summed E-state index contributed by atoms with van der Waals surface area (Å²) in [7, 11) is 0. The van der Waals surface area contributed by atoms with Crippen LogP contribution in [0.3, 0.4) is 0 Å². The number of aromatic hydroxyl groups is 1. The van der Waals surface area contributed by atoms with Gasteiger partial charge in [0.2, 0.25) is 0 Å². The van der Waals surface area contributed by atoms with Gasteiger partial charge in [-0.2, -0.15) is 0 Å². The molecule has 0 unspecified atom stereocenters. The fraction of sp³-hybridized carbons (Fsp3) is 0.667. The number of benzene rings is 1. The highest BCUT2D eigenvalue weighted by Crippen LogP contribution is 2.40. The third-order valence-electron chi connectivity index (χ3n) is 3.89. The summed E-state index contributed by atoms with van der Waals surface area (Å²) in [5.74, 6) is 0.306. The molecule has 0 aliphatic rings. The van der Waals surface area contributed by atoms with Crippen molar-refractivity contribution >= 4 is 12.4 Å². The average Bonchev–Trinajstić information content (AvgIpc) is 2.33. The summed E-state index contributed by atoms with van der Waals surface area (Å²) in [5.41, 5.74) is 9.00. The molecule has 4 heteroatoms. The predicted molar refractivity (Wildman–Crippen MR) is 96.0 cm³/mol. The van der Waals surface area contributed by atoms with Gasteiger partial charge in [-0.25, -0.2) is 0 Å². The van der Waals surface area contributed by atoms with Crippen LogP contribution in [0, 0.1) is 0 Å². The molecule has 0 saturated carbocycles. The van der Waals surface area contributed by atoms with E-state index in [2.05, 4.69) is 47.6 Å². The second-order valence-electron chi connectivity index (χ2n) is 7.93. The van der Waals surface area contributed by atoms with Crippen LogP contribution in [-0.4, -0.2) is 16.8 Å². The Morgan fingerprint density at radius 1 is 1.05 bits per heavy atom. The van der Waals surface area contributed by atoms with Gasteiger partial charge in [0, 0.05) is 18.2 Å². The third-order valence-corrected chi connectivity index (χ3v) is 3.89. The largest absolute Gasteiger partial charge is 0.507 e. The van der Waals surface area contributed by atoms with E-state index in [1.165, 1.54) is 5.56 Å². The minimum atomic E-state index is -0.249. The smallest absolute Gasteiger partial charge is 0.124 e. The fourth-order valence-corrected chi connectivity index (χ4v) is 2.41. The average molecular weight is 330 g/mol. The van der Waals surface area contributed by atoms with Crippen molar-refractivity contribution in [3.8, 4) is 5.75 Å². The molecule has 0 amide bonds. The molecule has 0 spiro atoms. The summed E-state index contributed by atoms with van der Waals surface area (Å²) in [4.78, 5) is 0. The van der Waals surface area contributed by atoms with Gasteiger partial charge in [-0.15, -0.1) is 12.4 Å². The van der Waals surface area contributed by atoms with Gasteiger partial charge in [0.25, 0.3) is 0 Å². The lowest BCUT2D eigenvalue weighted by molar-refractivity contribution is 0.279. The Morgan fingerprint density at radius 2 is 1.59 bits per heavy atom. The van der Waals surface area contributed by atoms with E-state index in [1.54, 1.807) is 0 Å². The number of phenols is 1. The fourth-order valence-electron chi connectivity index (χ4n) is 2.41. The first-order valence-corrected chi connectivity index (χ1v) is 7.72. The van der Waals surface area contributed by atoms with Crippen LogP contribution in [-0.2, 0) is 10.8 Å². The number of halogens is 1. The topological polar surface area (TPSA) is 66.5 Å². The van der Waals surface area contributed by atoms with Gasteiger partial charge >= 0.3 is 0 Å². The van der Waals surface area contributed by atoms with Gasteiger partial charge in [0.05, 0.1) is 0 Å². The summed E-state index contributed by atoms with van der Waals surface area (Å²) in [6.07, 6.45) is 1.31. The Morgan fingerprint density at radius 3 is 2.00 bits per heavy atom. The van der Waals surface area contributed by atoms with E-state index in [4.69, 9.17) is 10.8 Å². The van der Waals surface area contributed by atoms with Crippen molar-refractivity contribution < 1.29 is 10.2 Å². The molecule has 1 aromatic carbocycles. The van der Waals surface area contributed by atoms with Gasteiger partial charge in [-0.1, -0.05) is 47.6 Å². The zero-order valence-corrected chi connectivity index (χ0v) is 15.5. The van der Waals surface area contributed by atoms with Crippen LogP contribution in [0.15, 0.2) is 12.1 Å². The van der Waals surface area contributed by atoms with Crippen LogP contribution >= 0.6 is 12.4 Å². The maximum absolute atomic E-state index is 10.6. The van der Waals surface area contributed by atoms with E-state index < -0.39 is 0 Å². The monoisotopic (exact) mass is 329 g/mol. The number of hydrogen-bond donors (Lipinski definition) is 3. The highest BCUT2D eigenvalue weighted by Gasteiger charge is 2.26. The van der Waals surface area contributed by atoms with Crippen molar-refractivity contribution in [2.24, 2.45) is 5.73 Å². The zero-order chi connectivity index (χ0) is 16.4. The lowest BCUT2D eigenvalue weighted by Crippen LogP contribution is -2.20. The molecule has 0 aliphatic heterocycles. The van der Waals surface area contributed by atoms with Gasteiger partial charge in [-0.3, -0.25) is 0 Å². The molecule has 0 aromatic heterocycles. The SMILES string of the molecule is CC(C)(C)c1cc([C@H](N)CCCO)c(O)c(C(C)(C)C)c1.Cl. The molecule has 0 heterocycles. The second kappa shape index (κ2) is 7.67. The molecule has 4 N–H and O–H groups in total. The predicted octanol–water partition coefficient (Wildman–Crippen LogP) is 4.18. The van der Waals surface area contributed by atoms with E-state index in [-0.39, 0.29) is 35.9 Å². The van der Waals surface area contributed by atoms with Crippen LogP contribution in [0.4, 0.5) is 0 Å². The van der Waals surface area contributed by atoms with Gasteiger partial charge in [-0.05, 0) is 40.9 Å². The summed E-state index contributed by atoms with van der Waals surface area (Å²) in [6.45, 7) is 12.9. The Balaban J connectivity index is 0.00000441. The molecular formula is C18H32ClNO2. The summed E-state index contributed by atoms with van der Waals surface area (Å²) < 4.78 is 0. The highest BCUT2D eigenvalue weighted by atomic mass is 35.5. The van der Waals surface area contributed by atoms with E-state index in [0.717, 1.165) is 11.1 Å². The van der Waals surface area contributed by atoms with Crippen LogP contribution in [0.1, 0.15) is 77.1 Å². The number of phenolic OH excluding ortho intramolecular Hbond substituents is 1. The zero-order valence-electron chi connectivity index (χ0n) is 14.7. The molecule has 22 heavy (non-hydrogen) atoms. The normalized spacial score (nSPS) is 13.6. The molecule has 3 nitrogen and oxygen atoms in total. The quantitative estimate of drug-likeness (QED) is 0.776. The molecular weight excluding hydrogens is 298 g/mol. The number of aliphatic hydroxyl groups is 1. The van der Waals surface area contributed by atoms with Crippen molar-refractivity contribution in [1.29, 1.82) is 0 Å². The first kappa shape index (κ1) is 21.2. The van der Waals surface area contributed by atoms with Crippen molar-refractivity contribution in [1.82, 2.24) is 0 Å². The lowest BCUT2D eigenvalue weighted by Gasteiger charge is -2.29. The van der Waals surface area contributed by atoms with Gasteiger partial charge in [0.1, 0.15) is 5.75 Å². The minimum Gasteiger partial charge on any atom is -0.507 e. The maximum Gasteiger partial charge on any atom is 0.124 e. The Labute approximate surface area is 141 Å². The van der Waals surface area contributed by atoms with Crippen LogP contribution in [0.5, 0.6) is 5.75 Å². The van der Waals surface area contributed by atoms with Crippen LogP contribution in [0.2, 0.25) is 0 Å². The van der Waals surface area contributed by atoms with Crippen molar-refractivity contribution in [2.45, 2.75) is 71.3 Å². The first-order valence-electron chi connectivity index (χ1n) is 7.72. The molecule has 0 radical (unpaired) electrons. The van der Waals surface area contributed by atoms with E-state index in [9.17, 15) is 5.11 Å². The number of aliphatic hydroxyl groups excluding tert-OH is 1. The van der Waals surface area contributed by atoms with Crippen LogP contribution in [0.25, 0.3) is 0 Å². The van der Waals surface area contributed by atoms with Crippen molar-refractivity contribution in [2.75, 3.05) is 6.61 Å². The van der Waals surface area contributed by atoms with Crippen LogP contribution < -0.4 is 5.73 Å². The lowest BCUT2D eigenvalue weighted by atomic mass is 9.78. The summed E-state index contributed by atoms with van der Waals surface area (Å²) in [6, 6.07) is 3.87. The molecule has 0 fully saturated rings.